The molecule has 3 aromatic rings. The van der Waals surface area contributed by atoms with Gasteiger partial charge in [-0.25, -0.2) is 0 Å². The largest absolute Gasteiger partial charge is 0.456 e. The number of furan rings is 1. The number of hydrogen-bond acceptors (Lipinski definition) is 4. The lowest BCUT2D eigenvalue weighted by Crippen LogP contribution is -2.42. The lowest BCUT2D eigenvalue weighted by atomic mass is 9.96. The zero-order valence-corrected chi connectivity index (χ0v) is 14.4. The maximum Gasteiger partial charge on any atom is 0.238 e. The fourth-order valence-corrected chi connectivity index (χ4v) is 3.58. The number of fused-ring (bicyclic) bond motifs is 3. The number of carbonyl (C=O) groups excluding carboxylic acids is 2. The Kier molecular flexibility index (Phi) is 4.34. The van der Waals surface area contributed by atoms with Crippen LogP contribution >= 0.6 is 0 Å². The van der Waals surface area contributed by atoms with Gasteiger partial charge in [0.1, 0.15) is 11.2 Å². The summed E-state index contributed by atoms with van der Waals surface area (Å²) in [5.74, 6) is -0.365. The first kappa shape index (κ1) is 16.6. The summed E-state index contributed by atoms with van der Waals surface area (Å²) in [6.45, 7) is 1.74. The van der Waals surface area contributed by atoms with Gasteiger partial charge in [0, 0.05) is 22.4 Å². The second-order valence-corrected chi connectivity index (χ2v) is 6.81. The number of likely N-dealkylation sites (tertiary alicyclic amines) is 1. The number of amides is 2. The van der Waals surface area contributed by atoms with E-state index in [0.29, 0.717) is 19.6 Å². The van der Waals surface area contributed by atoms with E-state index in [4.69, 9.17) is 10.2 Å². The molecule has 0 unspecified atom stereocenters. The second kappa shape index (κ2) is 6.80. The fraction of sp³-hybridized carbons (Fsp3) is 0.300. The average molecular weight is 351 g/mol. The van der Waals surface area contributed by atoms with Gasteiger partial charge >= 0.3 is 0 Å². The van der Waals surface area contributed by atoms with Crippen LogP contribution in [-0.2, 0) is 9.59 Å². The summed E-state index contributed by atoms with van der Waals surface area (Å²) >= 11 is 0. The van der Waals surface area contributed by atoms with E-state index < -0.39 is 0 Å². The minimum Gasteiger partial charge on any atom is -0.456 e. The van der Waals surface area contributed by atoms with E-state index >= 15 is 0 Å². The molecule has 4 rings (SSSR count). The number of hydrogen-bond donors (Lipinski definition) is 2. The zero-order chi connectivity index (χ0) is 18.1. The summed E-state index contributed by atoms with van der Waals surface area (Å²) in [5, 5.41) is 4.98. The molecule has 6 nitrogen and oxygen atoms in total. The topological polar surface area (TPSA) is 88.6 Å². The molecule has 1 fully saturated rings. The number of piperidine rings is 1. The first-order chi connectivity index (χ1) is 12.6. The summed E-state index contributed by atoms with van der Waals surface area (Å²) in [6.07, 6.45) is 1.44. The number of nitrogens with two attached hydrogens (primary N) is 1. The van der Waals surface area contributed by atoms with Gasteiger partial charge in [0.2, 0.25) is 11.8 Å². The van der Waals surface area contributed by atoms with Crippen LogP contribution in [0.2, 0.25) is 0 Å². The van der Waals surface area contributed by atoms with Crippen LogP contribution in [0.5, 0.6) is 0 Å². The van der Waals surface area contributed by atoms with E-state index in [-0.39, 0.29) is 17.7 Å². The van der Waals surface area contributed by atoms with Gasteiger partial charge in [-0.1, -0.05) is 18.2 Å². The van der Waals surface area contributed by atoms with Gasteiger partial charge in [0.15, 0.2) is 0 Å². The van der Waals surface area contributed by atoms with Crippen molar-refractivity contribution in [3.63, 3.8) is 0 Å². The van der Waals surface area contributed by atoms with Crippen molar-refractivity contribution in [1.29, 1.82) is 0 Å². The van der Waals surface area contributed by atoms with Gasteiger partial charge < -0.3 is 15.5 Å². The normalized spacial score (nSPS) is 16.2. The van der Waals surface area contributed by atoms with Gasteiger partial charge in [-0.2, -0.15) is 0 Å². The van der Waals surface area contributed by atoms with Crippen molar-refractivity contribution in [2.24, 2.45) is 11.7 Å². The molecule has 1 aliphatic rings. The molecule has 2 aromatic carbocycles. The molecule has 3 N–H and O–H groups in total. The number of anilines is 1. The number of para-hydroxylation sites is 1. The Morgan fingerprint density at radius 1 is 1.08 bits per heavy atom. The van der Waals surface area contributed by atoms with E-state index in [9.17, 15) is 9.59 Å². The summed E-state index contributed by atoms with van der Waals surface area (Å²) in [6, 6.07) is 13.5. The fourth-order valence-electron chi connectivity index (χ4n) is 3.58. The van der Waals surface area contributed by atoms with E-state index in [2.05, 4.69) is 10.2 Å². The van der Waals surface area contributed by atoms with Crippen molar-refractivity contribution in [2.75, 3.05) is 25.0 Å². The molecule has 1 saturated heterocycles. The Bertz CT molecular complexity index is 971. The van der Waals surface area contributed by atoms with Crippen molar-refractivity contribution < 1.29 is 14.0 Å². The third kappa shape index (κ3) is 3.28. The number of nitrogens with one attached hydrogen (secondary N) is 1. The van der Waals surface area contributed by atoms with E-state index in [1.54, 1.807) is 0 Å². The lowest BCUT2D eigenvalue weighted by molar-refractivity contribution is -0.123. The standard InChI is InChI=1S/C20H21N3O3/c21-20(25)13-7-9-23(10-8-13)12-19(24)22-14-5-6-18-16(11-14)15-3-1-2-4-17(15)26-18/h1-6,11,13H,7-10,12H2,(H2,21,25)(H,22,24). The quantitative estimate of drug-likeness (QED) is 0.756. The number of primary amides is 1. The Balaban J connectivity index is 1.43. The van der Waals surface area contributed by atoms with E-state index in [1.807, 2.05) is 42.5 Å². The van der Waals surface area contributed by atoms with Crippen LogP contribution in [0.1, 0.15) is 12.8 Å². The smallest absolute Gasteiger partial charge is 0.238 e. The Hall–Kier alpha value is -2.86. The first-order valence-electron chi connectivity index (χ1n) is 8.83. The highest BCUT2D eigenvalue weighted by Crippen LogP contribution is 2.30. The predicted molar refractivity (Wildman–Crippen MR) is 101 cm³/mol. The van der Waals surface area contributed by atoms with Crippen LogP contribution in [0.3, 0.4) is 0 Å². The summed E-state index contributed by atoms with van der Waals surface area (Å²) in [5.41, 5.74) is 7.74. The minimum absolute atomic E-state index is 0.0605. The second-order valence-electron chi connectivity index (χ2n) is 6.81. The highest BCUT2D eigenvalue weighted by Gasteiger charge is 2.24. The average Bonchev–Trinajstić information content (AvgIpc) is 3.00. The van der Waals surface area contributed by atoms with Crippen LogP contribution in [0.15, 0.2) is 46.9 Å². The van der Waals surface area contributed by atoms with Gasteiger partial charge in [0.05, 0.1) is 6.54 Å². The Labute approximate surface area is 150 Å². The third-order valence-electron chi connectivity index (χ3n) is 5.02. The molecule has 6 heteroatoms. The van der Waals surface area contributed by atoms with Crippen LogP contribution in [-0.4, -0.2) is 36.3 Å². The number of nitrogens with zero attached hydrogens (tertiary/aromatic N) is 1. The molecule has 2 heterocycles. The van der Waals surface area contributed by atoms with Crippen LogP contribution in [0.25, 0.3) is 21.9 Å². The third-order valence-corrected chi connectivity index (χ3v) is 5.02. The zero-order valence-electron chi connectivity index (χ0n) is 14.4. The van der Waals surface area contributed by atoms with Gasteiger partial charge in [-0.3, -0.25) is 14.5 Å². The predicted octanol–water partition coefficient (Wildman–Crippen LogP) is 2.72. The van der Waals surface area contributed by atoms with Crippen molar-refractivity contribution in [3.05, 3.63) is 42.5 Å². The van der Waals surface area contributed by atoms with Crippen LogP contribution in [0.4, 0.5) is 5.69 Å². The van der Waals surface area contributed by atoms with Crippen LogP contribution in [0, 0.1) is 5.92 Å². The number of rotatable bonds is 4. The molecule has 0 aliphatic carbocycles. The molecule has 2 amide bonds. The van der Waals surface area contributed by atoms with Gasteiger partial charge in [-0.05, 0) is 50.2 Å². The Morgan fingerprint density at radius 3 is 2.58 bits per heavy atom. The number of benzene rings is 2. The molecular weight excluding hydrogens is 330 g/mol. The first-order valence-corrected chi connectivity index (χ1v) is 8.83. The van der Waals surface area contributed by atoms with Crippen molar-refractivity contribution >= 4 is 39.4 Å². The molecule has 1 aromatic heterocycles. The lowest BCUT2D eigenvalue weighted by Gasteiger charge is -2.29. The molecule has 0 saturated carbocycles. The molecule has 0 atom stereocenters. The monoisotopic (exact) mass is 351 g/mol. The minimum atomic E-state index is -0.241. The summed E-state index contributed by atoms with van der Waals surface area (Å²) < 4.78 is 5.80. The maximum atomic E-state index is 12.4. The molecule has 134 valence electrons. The highest BCUT2D eigenvalue weighted by molar-refractivity contribution is 6.07. The van der Waals surface area contributed by atoms with Crippen molar-refractivity contribution in [3.8, 4) is 0 Å². The maximum absolute atomic E-state index is 12.4. The molecule has 1 aliphatic heterocycles. The van der Waals surface area contributed by atoms with E-state index in [0.717, 1.165) is 40.5 Å². The van der Waals surface area contributed by atoms with Crippen LogP contribution < -0.4 is 11.1 Å². The summed E-state index contributed by atoms with van der Waals surface area (Å²) in [4.78, 5) is 25.6. The SMILES string of the molecule is NC(=O)C1CCN(CC(=O)Nc2ccc3oc4ccccc4c3c2)CC1. The Morgan fingerprint density at radius 2 is 1.81 bits per heavy atom. The molecule has 0 bridgehead atoms. The van der Waals surface area contributed by atoms with Crippen molar-refractivity contribution in [2.45, 2.75) is 12.8 Å². The molecule has 26 heavy (non-hydrogen) atoms. The highest BCUT2D eigenvalue weighted by atomic mass is 16.3. The number of carbonyl (C=O) groups is 2. The molecule has 0 spiro atoms. The van der Waals surface area contributed by atoms with Gasteiger partial charge in [0.25, 0.3) is 0 Å². The summed E-state index contributed by atoms with van der Waals surface area (Å²) in [7, 11) is 0. The van der Waals surface area contributed by atoms with Crippen molar-refractivity contribution in [1.82, 2.24) is 4.90 Å². The van der Waals surface area contributed by atoms with E-state index in [1.165, 1.54) is 0 Å². The van der Waals surface area contributed by atoms with Gasteiger partial charge in [-0.15, -0.1) is 0 Å². The molecule has 0 radical (unpaired) electrons. The molecular formula is C20H21N3O3.